The molecule has 0 unspecified atom stereocenters. The molecule has 1 fully saturated rings. The molecule has 0 aliphatic carbocycles. The van der Waals surface area contributed by atoms with E-state index in [1.807, 2.05) is 31.1 Å². The fourth-order valence-corrected chi connectivity index (χ4v) is 3.66. The van der Waals surface area contributed by atoms with Crippen LogP contribution in [0.3, 0.4) is 0 Å². The summed E-state index contributed by atoms with van der Waals surface area (Å²) in [4.78, 5) is 19.1. The molecule has 130 valence electrons. The third-order valence-corrected chi connectivity index (χ3v) is 5.14. The first-order valence-corrected chi connectivity index (χ1v) is 8.78. The highest BCUT2D eigenvalue weighted by Gasteiger charge is 2.27. The van der Waals surface area contributed by atoms with Crippen molar-refractivity contribution >= 4 is 17.4 Å². The minimum absolute atomic E-state index is 0.0204. The molecule has 3 rings (SSSR count). The molecule has 1 aromatic rings. The van der Waals surface area contributed by atoms with Crippen LogP contribution in [0.25, 0.3) is 0 Å². The third-order valence-electron chi connectivity index (χ3n) is 5.14. The zero-order valence-electron chi connectivity index (χ0n) is 15.0. The summed E-state index contributed by atoms with van der Waals surface area (Å²) in [6.45, 7) is 5.84. The number of hydrogen-bond acceptors (Lipinski definition) is 3. The Labute approximate surface area is 144 Å². The van der Waals surface area contributed by atoms with Gasteiger partial charge in [0.2, 0.25) is 0 Å². The van der Waals surface area contributed by atoms with Crippen LogP contribution in [-0.2, 0) is 0 Å². The van der Waals surface area contributed by atoms with Gasteiger partial charge < -0.3 is 15.1 Å². The quantitative estimate of drug-likeness (QED) is 0.867. The number of amides is 2. The van der Waals surface area contributed by atoms with E-state index in [0.717, 1.165) is 56.0 Å². The predicted octanol–water partition coefficient (Wildman–Crippen LogP) is 2.93. The number of urea groups is 1. The van der Waals surface area contributed by atoms with Crippen LogP contribution in [0.1, 0.15) is 18.4 Å². The number of piperidine rings is 1. The predicted molar refractivity (Wildman–Crippen MR) is 99.8 cm³/mol. The minimum Gasteiger partial charge on any atom is -0.377 e. The maximum atomic E-state index is 12.6. The van der Waals surface area contributed by atoms with Crippen molar-refractivity contribution in [1.82, 2.24) is 9.80 Å². The van der Waals surface area contributed by atoms with Gasteiger partial charge in [0.05, 0.1) is 0 Å². The van der Waals surface area contributed by atoms with Gasteiger partial charge in [0, 0.05) is 57.7 Å². The van der Waals surface area contributed by atoms with Crippen molar-refractivity contribution in [1.29, 1.82) is 0 Å². The van der Waals surface area contributed by atoms with Gasteiger partial charge in [-0.2, -0.15) is 0 Å². The molecular formula is C19H28N4O. The second-order valence-corrected chi connectivity index (χ2v) is 6.92. The van der Waals surface area contributed by atoms with E-state index in [0.29, 0.717) is 6.04 Å². The van der Waals surface area contributed by atoms with Gasteiger partial charge in [-0.3, -0.25) is 4.90 Å². The van der Waals surface area contributed by atoms with Crippen LogP contribution >= 0.6 is 0 Å². The number of carbonyl (C=O) groups excluding carboxylic acids is 1. The molecule has 0 bridgehead atoms. The first-order valence-electron chi connectivity index (χ1n) is 8.78. The zero-order valence-corrected chi connectivity index (χ0v) is 15.0. The van der Waals surface area contributed by atoms with Gasteiger partial charge in [-0.25, -0.2) is 4.79 Å². The molecule has 1 N–H and O–H groups in total. The molecule has 1 aromatic carbocycles. The van der Waals surface area contributed by atoms with Crippen molar-refractivity contribution in [3.05, 3.63) is 35.9 Å². The van der Waals surface area contributed by atoms with Crippen molar-refractivity contribution in [3.8, 4) is 0 Å². The van der Waals surface area contributed by atoms with E-state index in [2.05, 4.69) is 40.3 Å². The van der Waals surface area contributed by atoms with Crippen LogP contribution in [-0.4, -0.2) is 62.1 Å². The van der Waals surface area contributed by atoms with Crippen LogP contribution < -0.4 is 10.2 Å². The zero-order chi connectivity index (χ0) is 17.1. The summed E-state index contributed by atoms with van der Waals surface area (Å²) in [7, 11) is 4.04. The molecule has 5 nitrogen and oxygen atoms in total. The minimum atomic E-state index is 0.0204. The summed E-state index contributed by atoms with van der Waals surface area (Å²) < 4.78 is 0. The van der Waals surface area contributed by atoms with Gasteiger partial charge in [-0.1, -0.05) is 18.2 Å². The Balaban J connectivity index is 1.57. The van der Waals surface area contributed by atoms with Gasteiger partial charge in [-0.15, -0.1) is 0 Å². The Bertz CT molecular complexity index is 610. The van der Waals surface area contributed by atoms with Crippen molar-refractivity contribution in [2.45, 2.75) is 25.8 Å². The molecule has 2 amide bonds. The van der Waals surface area contributed by atoms with E-state index in [-0.39, 0.29) is 6.03 Å². The SMILES string of the molecule is Cc1c(NC(=O)N2CCC(N3CC=CC3)CC2)cccc1N(C)C. The summed E-state index contributed by atoms with van der Waals surface area (Å²) in [5, 5.41) is 3.09. The van der Waals surface area contributed by atoms with Crippen LogP contribution in [0.4, 0.5) is 16.2 Å². The molecule has 5 heteroatoms. The molecule has 24 heavy (non-hydrogen) atoms. The fraction of sp³-hybridized carbons (Fsp3) is 0.526. The van der Waals surface area contributed by atoms with E-state index in [1.165, 1.54) is 0 Å². The second kappa shape index (κ2) is 7.26. The number of benzene rings is 1. The number of carbonyl (C=O) groups is 1. The molecule has 0 aromatic heterocycles. The highest BCUT2D eigenvalue weighted by atomic mass is 16.2. The Morgan fingerprint density at radius 1 is 1.17 bits per heavy atom. The maximum Gasteiger partial charge on any atom is 0.321 e. The van der Waals surface area contributed by atoms with Crippen LogP contribution in [0.5, 0.6) is 0 Å². The topological polar surface area (TPSA) is 38.8 Å². The molecule has 2 aliphatic heterocycles. The highest BCUT2D eigenvalue weighted by Crippen LogP contribution is 2.26. The first-order chi connectivity index (χ1) is 11.6. The lowest BCUT2D eigenvalue weighted by Gasteiger charge is -2.36. The van der Waals surface area contributed by atoms with Crippen LogP contribution in [0.15, 0.2) is 30.4 Å². The molecule has 2 aliphatic rings. The van der Waals surface area contributed by atoms with E-state index in [1.54, 1.807) is 0 Å². The number of nitrogens with one attached hydrogen (secondary N) is 1. The highest BCUT2D eigenvalue weighted by molar-refractivity contribution is 5.91. The molecule has 0 spiro atoms. The first kappa shape index (κ1) is 16.8. The van der Waals surface area contributed by atoms with Gasteiger partial charge in [0.15, 0.2) is 0 Å². The third kappa shape index (κ3) is 3.56. The summed E-state index contributed by atoms with van der Waals surface area (Å²) in [5.41, 5.74) is 3.14. The van der Waals surface area contributed by atoms with Gasteiger partial charge in [0.1, 0.15) is 0 Å². The number of hydrogen-bond donors (Lipinski definition) is 1. The Morgan fingerprint density at radius 2 is 1.83 bits per heavy atom. The number of nitrogens with zero attached hydrogens (tertiary/aromatic N) is 3. The fourth-order valence-electron chi connectivity index (χ4n) is 3.66. The molecule has 0 radical (unpaired) electrons. The Morgan fingerprint density at radius 3 is 2.46 bits per heavy atom. The van der Waals surface area contributed by atoms with Gasteiger partial charge >= 0.3 is 6.03 Å². The standard InChI is InChI=1S/C19H28N4O/c1-15-17(7-6-8-18(15)21(2)3)20-19(24)23-13-9-16(10-14-23)22-11-4-5-12-22/h4-8,16H,9-14H2,1-3H3,(H,20,24). The summed E-state index contributed by atoms with van der Waals surface area (Å²) in [5.74, 6) is 0. The number of rotatable bonds is 3. The summed E-state index contributed by atoms with van der Waals surface area (Å²) in [6.07, 6.45) is 6.59. The average Bonchev–Trinajstić information content (AvgIpc) is 3.11. The lowest BCUT2D eigenvalue weighted by Crippen LogP contribution is -2.47. The summed E-state index contributed by atoms with van der Waals surface area (Å²) >= 11 is 0. The molecule has 0 atom stereocenters. The monoisotopic (exact) mass is 328 g/mol. The van der Waals surface area contributed by atoms with Gasteiger partial charge in [-0.05, 0) is 37.5 Å². The average molecular weight is 328 g/mol. The molecular weight excluding hydrogens is 300 g/mol. The van der Waals surface area contributed by atoms with Gasteiger partial charge in [0.25, 0.3) is 0 Å². The Hall–Kier alpha value is -2.01. The smallest absolute Gasteiger partial charge is 0.321 e. The number of likely N-dealkylation sites (tertiary alicyclic amines) is 1. The van der Waals surface area contributed by atoms with E-state index < -0.39 is 0 Å². The van der Waals surface area contributed by atoms with Crippen molar-refractivity contribution < 1.29 is 4.79 Å². The van der Waals surface area contributed by atoms with E-state index in [9.17, 15) is 4.79 Å². The lowest BCUT2D eigenvalue weighted by molar-refractivity contribution is 0.144. The molecule has 2 heterocycles. The van der Waals surface area contributed by atoms with Crippen LogP contribution in [0, 0.1) is 6.92 Å². The Kier molecular flexibility index (Phi) is 5.09. The van der Waals surface area contributed by atoms with Crippen molar-refractivity contribution in [2.24, 2.45) is 0 Å². The van der Waals surface area contributed by atoms with Crippen molar-refractivity contribution in [2.75, 3.05) is 50.5 Å². The van der Waals surface area contributed by atoms with E-state index in [4.69, 9.17) is 0 Å². The number of anilines is 2. The van der Waals surface area contributed by atoms with E-state index >= 15 is 0 Å². The second-order valence-electron chi connectivity index (χ2n) is 6.92. The van der Waals surface area contributed by atoms with Crippen molar-refractivity contribution in [3.63, 3.8) is 0 Å². The molecule has 1 saturated heterocycles. The molecule has 0 saturated carbocycles. The maximum absolute atomic E-state index is 12.6. The largest absolute Gasteiger partial charge is 0.377 e. The normalized spacial score (nSPS) is 18.9. The summed E-state index contributed by atoms with van der Waals surface area (Å²) in [6, 6.07) is 6.67. The lowest BCUT2D eigenvalue weighted by atomic mass is 10.0. The van der Waals surface area contributed by atoms with Crippen LogP contribution in [0.2, 0.25) is 0 Å².